The molecule has 1 unspecified atom stereocenters. The molecule has 0 fully saturated rings. The van der Waals surface area contributed by atoms with E-state index in [9.17, 15) is 0 Å². The molecule has 2 nitrogen and oxygen atoms in total. The smallest absolute Gasteiger partial charge is 0.137 e. The molecule has 2 aromatic rings. The number of hydrogen-bond donors (Lipinski definition) is 0. The third-order valence-electron chi connectivity index (χ3n) is 5.52. The molecule has 0 aliphatic carbocycles. The van der Waals surface area contributed by atoms with Gasteiger partial charge in [-0.25, -0.2) is 0 Å². The van der Waals surface area contributed by atoms with E-state index < -0.39 is 8.07 Å². The first-order chi connectivity index (χ1) is 12.6. The Kier molecular flexibility index (Phi) is 7.75. The van der Waals surface area contributed by atoms with Gasteiger partial charge in [0.15, 0.2) is 0 Å². The Labute approximate surface area is 159 Å². The molecule has 140 valence electrons. The number of benzene rings is 2. The average molecular weight is 369 g/mol. The molecule has 0 N–H and O–H groups in total. The van der Waals surface area contributed by atoms with Crippen molar-refractivity contribution >= 4 is 18.8 Å². The van der Waals surface area contributed by atoms with Crippen LogP contribution in [0.3, 0.4) is 0 Å². The van der Waals surface area contributed by atoms with E-state index in [1.54, 1.807) is 7.11 Å². The molecule has 2 aromatic carbocycles. The summed E-state index contributed by atoms with van der Waals surface area (Å²) < 4.78 is 11.3. The van der Waals surface area contributed by atoms with Gasteiger partial charge in [-0.1, -0.05) is 39.0 Å². The minimum Gasteiger partial charge on any atom is -0.497 e. The van der Waals surface area contributed by atoms with Crippen LogP contribution in [-0.2, 0) is 4.74 Å². The molecule has 0 bridgehead atoms. The van der Waals surface area contributed by atoms with Crippen molar-refractivity contribution in [3.8, 4) is 17.2 Å². The number of ether oxygens (including phenoxy) is 2. The Morgan fingerprint density at radius 1 is 0.962 bits per heavy atom. The van der Waals surface area contributed by atoms with Crippen molar-refractivity contribution in [1.82, 2.24) is 0 Å². The predicted octanol–water partition coefficient (Wildman–Crippen LogP) is 6.37. The van der Waals surface area contributed by atoms with Crippen LogP contribution in [0.1, 0.15) is 45.8 Å². The van der Waals surface area contributed by atoms with Crippen molar-refractivity contribution in [1.29, 1.82) is 0 Å². The molecule has 2 rings (SSSR count). The van der Waals surface area contributed by atoms with Crippen LogP contribution < -0.4 is 4.74 Å². The van der Waals surface area contributed by atoms with Crippen molar-refractivity contribution in [2.45, 2.75) is 58.4 Å². The second-order valence-corrected chi connectivity index (χ2v) is 11.8. The van der Waals surface area contributed by atoms with Crippen LogP contribution in [0.15, 0.2) is 36.4 Å². The lowest BCUT2D eigenvalue weighted by Crippen LogP contribution is -2.29. The zero-order chi connectivity index (χ0) is 19.0. The van der Waals surface area contributed by atoms with Gasteiger partial charge in [0.05, 0.1) is 19.8 Å². The first-order valence-electron chi connectivity index (χ1n) is 9.76. The van der Waals surface area contributed by atoms with Crippen molar-refractivity contribution < 1.29 is 9.47 Å². The number of fused-ring (bicyclic) bond motifs is 1. The highest BCUT2D eigenvalue weighted by Crippen LogP contribution is 2.25. The van der Waals surface area contributed by atoms with Gasteiger partial charge in [-0.3, -0.25) is 0 Å². The lowest BCUT2D eigenvalue weighted by atomic mass is 10.0. The molecule has 0 heterocycles. The third kappa shape index (κ3) is 5.12. The molecule has 26 heavy (non-hydrogen) atoms. The van der Waals surface area contributed by atoms with Crippen LogP contribution in [-0.4, -0.2) is 21.8 Å². The summed E-state index contributed by atoms with van der Waals surface area (Å²) >= 11 is 0. The van der Waals surface area contributed by atoms with Crippen LogP contribution in [0.25, 0.3) is 10.8 Å². The lowest BCUT2D eigenvalue weighted by Gasteiger charge is -2.20. The highest BCUT2D eigenvalue weighted by molar-refractivity contribution is 6.87. The van der Waals surface area contributed by atoms with Crippen LogP contribution in [0.4, 0.5) is 0 Å². The molecule has 0 aliphatic rings. The molecule has 0 aliphatic heterocycles. The molecule has 3 heteroatoms. The fraction of sp³-hybridized carbons (Fsp3) is 0.478. The maximum absolute atomic E-state index is 6.03. The predicted molar refractivity (Wildman–Crippen MR) is 114 cm³/mol. The fourth-order valence-electron chi connectivity index (χ4n) is 3.27. The SMILES string of the molecule is CC[Si](C#CCCOC(C)c1ccc2cc(OC)ccc2c1)(CC)CC. The molecule has 0 aromatic heterocycles. The third-order valence-corrected chi connectivity index (χ3v) is 10.3. The molecule has 1 atom stereocenters. The number of methoxy groups -OCH3 is 1. The van der Waals surface area contributed by atoms with E-state index in [-0.39, 0.29) is 6.10 Å². The van der Waals surface area contributed by atoms with Gasteiger partial charge in [0.1, 0.15) is 13.8 Å². The summed E-state index contributed by atoms with van der Waals surface area (Å²) in [5, 5.41) is 2.40. The maximum Gasteiger partial charge on any atom is 0.137 e. The molecule has 0 saturated heterocycles. The summed E-state index contributed by atoms with van der Waals surface area (Å²) in [6, 6.07) is 16.4. The van der Waals surface area contributed by atoms with E-state index in [0.717, 1.165) is 12.2 Å². The van der Waals surface area contributed by atoms with Crippen LogP contribution in [0.2, 0.25) is 18.1 Å². The van der Waals surface area contributed by atoms with Gasteiger partial charge >= 0.3 is 0 Å². The Hall–Kier alpha value is -1.76. The fourth-order valence-corrected chi connectivity index (χ4v) is 5.80. The Bertz CT molecular complexity index is 760. The normalized spacial score (nSPS) is 12.5. The maximum atomic E-state index is 6.03. The molecule has 0 amide bonds. The summed E-state index contributed by atoms with van der Waals surface area (Å²) in [7, 11) is 0.373. The summed E-state index contributed by atoms with van der Waals surface area (Å²) in [6.45, 7) is 9.68. The van der Waals surface area contributed by atoms with Gasteiger partial charge in [0.2, 0.25) is 0 Å². The van der Waals surface area contributed by atoms with Gasteiger partial charge in [-0.05, 0) is 59.6 Å². The Balaban J connectivity index is 1.94. The zero-order valence-electron chi connectivity index (χ0n) is 16.9. The quantitative estimate of drug-likeness (QED) is 0.306. The lowest BCUT2D eigenvalue weighted by molar-refractivity contribution is 0.0703. The standard InChI is InChI=1S/C23H32O2Si/c1-6-26(7-2,8-3)16-10-9-15-25-19(4)20-11-12-22-18-23(24-5)14-13-21(22)17-20/h11-14,17-19H,6-9,15H2,1-5H3. The summed E-state index contributed by atoms with van der Waals surface area (Å²) in [5.74, 6) is 4.29. The Morgan fingerprint density at radius 2 is 1.62 bits per heavy atom. The van der Waals surface area contributed by atoms with Crippen molar-refractivity contribution in [2.75, 3.05) is 13.7 Å². The van der Waals surface area contributed by atoms with E-state index in [2.05, 4.69) is 69.5 Å². The van der Waals surface area contributed by atoms with Crippen molar-refractivity contribution in [3.63, 3.8) is 0 Å². The van der Waals surface area contributed by atoms with Crippen molar-refractivity contribution in [2.24, 2.45) is 0 Å². The van der Waals surface area contributed by atoms with Crippen LogP contribution >= 0.6 is 0 Å². The van der Waals surface area contributed by atoms with Gasteiger partial charge < -0.3 is 9.47 Å². The molecular weight excluding hydrogens is 336 g/mol. The largest absolute Gasteiger partial charge is 0.497 e. The summed E-state index contributed by atoms with van der Waals surface area (Å²) in [4.78, 5) is 0. The van der Waals surface area contributed by atoms with Gasteiger partial charge in [0.25, 0.3) is 0 Å². The van der Waals surface area contributed by atoms with E-state index in [4.69, 9.17) is 9.47 Å². The molecule has 0 radical (unpaired) electrons. The van der Waals surface area contributed by atoms with Crippen LogP contribution in [0.5, 0.6) is 5.75 Å². The highest BCUT2D eigenvalue weighted by Gasteiger charge is 2.23. The zero-order valence-corrected chi connectivity index (χ0v) is 17.9. The second kappa shape index (κ2) is 9.80. The topological polar surface area (TPSA) is 18.5 Å². The van der Waals surface area contributed by atoms with Gasteiger partial charge in [-0.2, -0.15) is 0 Å². The monoisotopic (exact) mass is 368 g/mol. The van der Waals surface area contributed by atoms with Crippen LogP contribution in [0, 0.1) is 11.5 Å². The van der Waals surface area contributed by atoms with E-state index in [1.807, 2.05) is 6.07 Å². The van der Waals surface area contributed by atoms with Gasteiger partial charge in [-0.15, -0.1) is 11.5 Å². The number of rotatable bonds is 8. The molecule has 0 spiro atoms. The van der Waals surface area contributed by atoms with E-state index in [1.165, 1.54) is 34.5 Å². The molecular formula is C23H32O2Si. The first-order valence-corrected chi connectivity index (χ1v) is 12.4. The van der Waals surface area contributed by atoms with E-state index >= 15 is 0 Å². The highest BCUT2D eigenvalue weighted by atomic mass is 28.3. The van der Waals surface area contributed by atoms with Crippen molar-refractivity contribution in [3.05, 3.63) is 42.0 Å². The van der Waals surface area contributed by atoms with Gasteiger partial charge in [0, 0.05) is 6.42 Å². The first kappa shape index (κ1) is 20.5. The summed E-state index contributed by atoms with van der Waals surface area (Å²) in [6.07, 6.45) is 0.901. The minimum absolute atomic E-state index is 0.0776. The average Bonchev–Trinajstić information content (AvgIpc) is 2.70. The minimum atomic E-state index is -1.32. The number of hydrogen-bond acceptors (Lipinski definition) is 2. The molecule has 0 saturated carbocycles. The van der Waals surface area contributed by atoms with E-state index in [0.29, 0.717) is 6.61 Å². The second-order valence-electron chi connectivity index (χ2n) is 6.88. The Morgan fingerprint density at radius 3 is 2.27 bits per heavy atom. The summed E-state index contributed by atoms with van der Waals surface area (Å²) in [5.41, 5.74) is 4.83.